The van der Waals surface area contributed by atoms with Gasteiger partial charge in [0.15, 0.2) is 0 Å². The Balaban J connectivity index is 1.28. The van der Waals surface area contributed by atoms with Gasteiger partial charge in [0, 0.05) is 52.7 Å². The molecular weight excluding hydrogens is 438 g/mol. The summed E-state index contributed by atoms with van der Waals surface area (Å²) in [6.45, 7) is 0. The molecule has 0 spiro atoms. The van der Waals surface area contributed by atoms with Gasteiger partial charge < -0.3 is 15.4 Å². The second kappa shape index (κ2) is 9.73. The predicted octanol–water partition coefficient (Wildman–Crippen LogP) is 6.29. The summed E-state index contributed by atoms with van der Waals surface area (Å²) in [6, 6.07) is 27.3. The molecule has 0 aliphatic carbocycles. The van der Waals surface area contributed by atoms with Gasteiger partial charge in [-0.2, -0.15) is 5.26 Å². The molecule has 0 unspecified atom stereocenters. The van der Waals surface area contributed by atoms with Crippen molar-refractivity contribution < 1.29 is 9.53 Å². The fourth-order valence-electron chi connectivity index (χ4n) is 3.57. The lowest BCUT2D eigenvalue weighted by Gasteiger charge is -2.11. The van der Waals surface area contributed by atoms with Crippen LogP contribution in [-0.2, 0) is 0 Å². The largest absolute Gasteiger partial charge is 0.457 e. The van der Waals surface area contributed by atoms with Crippen LogP contribution in [-0.4, -0.2) is 15.9 Å². The Morgan fingerprint density at radius 2 is 1.66 bits per heavy atom. The number of nitrogens with zero attached hydrogens (tertiary/aromatic N) is 3. The van der Waals surface area contributed by atoms with Gasteiger partial charge in [-0.1, -0.05) is 6.07 Å². The average Bonchev–Trinajstić information content (AvgIpc) is 2.90. The van der Waals surface area contributed by atoms with Crippen LogP contribution in [0.4, 0.5) is 17.1 Å². The highest BCUT2D eigenvalue weighted by molar-refractivity contribution is 6.04. The van der Waals surface area contributed by atoms with E-state index >= 15 is 0 Å². The number of nitriles is 1. The third-order valence-electron chi connectivity index (χ3n) is 5.27. The summed E-state index contributed by atoms with van der Waals surface area (Å²) >= 11 is 0. The van der Waals surface area contributed by atoms with E-state index in [-0.39, 0.29) is 5.91 Å². The van der Waals surface area contributed by atoms with Crippen LogP contribution >= 0.6 is 0 Å². The molecule has 7 heteroatoms. The number of hydrogen-bond acceptors (Lipinski definition) is 6. The molecule has 5 rings (SSSR count). The highest BCUT2D eigenvalue weighted by Gasteiger charge is 2.09. The van der Waals surface area contributed by atoms with Crippen molar-refractivity contribution in [1.29, 1.82) is 5.26 Å². The Labute approximate surface area is 201 Å². The first-order valence-corrected chi connectivity index (χ1v) is 10.8. The van der Waals surface area contributed by atoms with Gasteiger partial charge in [0.05, 0.1) is 17.1 Å². The van der Waals surface area contributed by atoms with Crippen LogP contribution in [0.15, 0.2) is 104 Å². The molecule has 0 saturated carbocycles. The third kappa shape index (κ3) is 5.07. The molecule has 2 heterocycles. The van der Waals surface area contributed by atoms with Gasteiger partial charge in [-0.3, -0.25) is 14.8 Å². The minimum absolute atomic E-state index is 0.231. The van der Waals surface area contributed by atoms with Crippen LogP contribution in [0.1, 0.15) is 15.9 Å². The maximum absolute atomic E-state index is 12.8. The van der Waals surface area contributed by atoms with Crippen LogP contribution in [0, 0.1) is 11.3 Å². The first kappa shape index (κ1) is 21.6. The standard InChI is InChI=1S/C28H19N5O2/c29-18-19-4-9-26-25(16-19)27(12-15-31-26)32-21-7-5-20(6-8-21)28(34)33-22-2-1-3-24(17-22)35-23-10-13-30-14-11-23/h1-17H,(H,31,32)(H,33,34). The van der Waals surface area contributed by atoms with Crippen LogP contribution in [0.3, 0.4) is 0 Å². The number of hydrogen-bond donors (Lipinski definition) is 2. The van der Waals surface area contributed by atoms with E-state index in [1.807, 2.05) is 36.4 Å². The smallest absolute Gasteiger partial charge is 0.255 e. The molecular formula is C28H19N5O2. The SMILES string of the molecule is N#Cc1ccc2nccc(Nc3ccc(C(=O)Nc4cccc(Oc5ccncc5)c4)cc3)c2c1. The van der Waals surface area contributed by atoms with Crippen molar-refractivity contribution in [1.82, 2.24) is 9.97 Å². The number of anilines is 3. The number of benzene rings is 3. The second-order valence-electron chi connectivity index (χ2n) is 7.67. The van der Waals surface area contributed by atoms with E-state index in [1.54, 1.807) is 67.1 Å². The van der Waals surface area contributed by atoms with Crippen molar-refractivity contribution >= 4 is 33.9 Å². The number of pyridine rings is 2. The molecule has 35 heavy (non-hydrogen) atoms. The average molecular weight is 457 g/mol. The molecule has 7 nitrogen and oxygen atoms in total. The van der Waals surface area contributed by atoms with Crippen LogP contribution in [0.5, 0.6) is 11.5 Å². The number of aromatic nitrogens is 2. The van der Waals surface area contributed by atoms with Crippen molar-refractivity contribution in [2.75, 3.05) is 10.6 Å². The normalized spacial score (nSPS) is 10.4. The lowest BCUT2D eigenvalue weighted by atomic mass is 10.1. The van der Waals surface area contributed by atoms with E-state index in [4.69, 9.17) is 4.74 Å². The lowest BCUT2D eigenvalue weighted by molar-refractivity contribution is 0.102. The first-order chi connectivity index (χ1) is 17.2. The van der Waals surface area contributed by atoms with Crippen molar-refractivity contribution in [3.63, 3.8) is 0 Å². The van der Waals surface area contributed by atoms with Crippen LogP contribution in [0.25, 0.3) is 10.9 Å². The fraction of sp³-hybridized carbons (Fsp3) is 0. The Morgan fingerprint density at radius 1 is 0.829 bits per heavy atom. The zero-order valence-electron chi connectivity index (χ0n) is 18.5. The zero-order valence-corrected chi connectivity index (χ0v) is 18.5. The van der Waals surface area contributed by atoms with E-state index < -0.39 is 0 Å². The van der Waals surface area contributed by atoms with Crippen molar-refractivity contribution in [2.24, 2.45) is 0 Å². The molecule has 1 amide bonds. The van der Waals surface area contributed by atoms with Crippen molar-refractivity contribution in [3.05, 3.63) is 115 Å². The van der Waals surface area contributed by atoms with Crippen molar-refractivity contribution in [2.45, 2.75) is 0 Å². The van der Waals surface area contributed by atoms with Crippen LogP contribution < -0.4 is 15.4 Å². The van der Waals surface area contributed by atoms with Gasteiger partial charge in [-0.25, -0.2) is 0 Å². The molecule has 0 saturated heterocycles. The second-order valence-corrected chi connectivity index (χ2v) is 7.67. The summed E-state index contributed by atoms with van der Waals surface area (Å²) in [6.07, 6.45) is 5.02. The number of amides is 1. The van der Waals surface area contributed by atoms with E-state index in [0.29, 0.717) is 28.3 Å². The molecule has 0 radical (unpaired) electrons. The molecule has 2 N–H and O–H groups in total. The Bertz CT molecular complexity index is 1540. The maximum atomic E-state index is 12.8. The van der Waals surface area contributed by atoms with Crippen molar-refractivity contribution in [3.8, 4) is 17.6 Å². The van der Waals surface area contributed by atoms with Gasteiger partial charge in [0.1, 0.15) is 11.5 Å². The molecule has 0 fully saturated rings. The molecule has 2 aromatic heterocycles. The monoisotopic (exact) mass is 457 g/mol. The molecule has 5 aromatic rings. The molecule has 168 valence electrons. The van der Waals surface area contributed by atoms with E-state index in [9.17, 15) is 10.1 Å². The Hall–Kier alpha value is -5.22. The summed E-state index contributed by atoms with van der Waals surface area (Å²) in [5.74, 6) is 1.04. The topological polar surface area (TPSA) is 99.9 Å². The number of carbonyl (C=O) groups is 1. The Morgan fingerprint density at radius 3 is 2.46 bits per heavy atom. The fourth-order valence-corrected chi connectivity index (χ4v) is 3.57. The summed E-state index contributed by atoms with van der Waals surface area (Å²) in [5, 5.41) is 16.3. The quantitative estimate of drug-likeness (QED) is 0.311. The summed E-state index contributed by atoms with van der Waals surface area (Å²) in [4.78, 5) is 21.1. The maximum Gasteiger partial charge on any atom is 0.255 e. The summed E-state index contributed by atoms with van der Waals surface area (Å²) < 4.78 is 5.80. The first-order valence-electron chi connectivity index (χ1n) is 10.8. The van der Waals surface area contributed by atoms with Gasteiger partial charge in [-0.05, 0) is 72.8 Å². The van der Waals surface area contributed by atoms with Gasteiger partial charge in [-0.15, -0.1) is 0 Å². The number of ether oxygens (including phenoxy) is 1. The molecule has 0 atom stereocenters. The van der Waals surface area contributed by atoms with Gasteiger partial charge in [0.25, 0.3) is 5.91 Å². The number of rotatable bonds is 6. The number of nitrogens with one attached hydrogen (secondary N) is 2. The van der Waals surface area contributed by atoms with Crippen LogP contribution in [0.2, 0.25) is 0 Å². The van der Waals surface area contributed by atoms with Gasteiger partial charge >= 0.3 is 0 Å². The molecule has 0 aliphatic heterocycles. The molecule has 3 aromatic carbocycles. The van der Waals surface area contributed by atoms with E-state index in [2.05, 4.69) is 26.7 Å². The minimum Gasteiger partial charge on any atom is -0.457 e. The lowest BCUT2D eigenvalue weighted by Crippen LogP contribution is -2.11. The van der Waals surface area contributed by atoms with E-state index in [0.717, 1.165) is 22.3 Å². The molecule has 0 aliphatic rings. The molecule has 0 bridgehead atoms. The predicted molar refractivity (Wildman–Crippen MR) is 135 cm³/mol. The Kier molecular flexibility index (Phi) is 6.01. The highest BCUT2D eigenvalue weighted by Crippen LogP contribution is 2.27. The number of carbonyl (C=O) groups excluding carboxylic acids is 1. The minimum atomic E-state index is -0.231. The highest BCUT2D eigenvalue weighted by atomic mass is 16.5. The third-order valence-corrected chi connectivity index (χ3v) is 5.27. The summed E-state index contributed by atoms with van der Waals surface area (Å²) in [7, 11) is 0. The summed E-state index contributed by atoms with van der Waals surface area (Å²) in [5.41, 5.74) is 4.14. The zero-order chi connectivity index (χ0) is 24.0. The number of fused-ring (bicyclic) bond motifs is 1. The van der Waals surface area contributed by atoms with E-state index in [1.165, 1.54) is 0 Å². The van der Waals surface area contributed by atoms with Gasteiger partial charge in [0.2, 0.25) is 0 Å².